The lowest BCUT2D eigenvalue weighted by molar-refractivity contribution is -0.155. The van der Waals surface area contributed by atoms with Gasteiger partial charge in [-0.2, -0.15) is 0 Å². The number of rotatable bonds is 8. The number of anilines is 1. The van der Waals surface area contributed by atoms with E-state index in [9.17, 15) is 19.2 Å². The van der Waals surface area contributed by atoms with Crippen LogP contribution in [0, 0.1) is 11.3 Å². The van der Waals surface area contributed by atoms with Crippen molar-refractivity contribution in [1.29, 1.82) is 5.41 Å². The van der Waals surface area contributed by atoms with Gasteiger partial charge in [0.15, 0.2) is 6.61 Å². The lowest BCUT2D eigenvalue weighted by atomic mass is 9.86. The Balaban J connectivity index is 1.15. The number of alkyl carbamates (subject to hydrolysis) is 1. The van der Waals surface area contributed by atoms with E-state index < -0.39 is 6.09 Å². The van der Waals surface area contributed by atoms with Crippen LogP contribution in [0.1, 0.15) is 36.8 Å². The topological polar surface area (TPSA) is 144 Å². The van der Waals surface area contributed by atoms with Crippen molar-refractivity contribution < 1.29 is 28.7 Å². The minimum Gasteiger partial charge on any atom is -0.455 e. The minimum absolute atomic E-state index is 0.00470. The number of nitrogens with one attached hydrogen (secondary N) is 3. The van der Waals surface area contributed by atoms with Gasteiger partial charge in [-0.25, -0.2) is 9.59 Å². The van der Waals surface area contributed by atoms with Crippen molar-refractivity contribution in [1.82, 2.24) is 20.4 Å². The molecule has 2 aromatic rings. The molecule has 4 amide bonds. The SMILES string of the molecule is CN(C)C(=O)COC(=O)[C@H]1CC[C@H](NC(=O)N2CCN(c3ccc(C(=N)NC(=O)OCc4ccccc4)cc3)CC2)CC1. The van der Waals surface area contributed by atoms with E-state index in [0.29, 0.717) is 57.4 Å². The van der Waals surface area contributed by atoms with Crippen molar-refractivity contribution in [3.8, 4) is 0 Å². The summed E-state index contributed by atoms with van der Waals surface area (Å²) in [7, 11) is 3.23. The molecule has 1 aliphatic heterocycles. The normalized spacial score (nSPS) is 18.3. The molecule has 12 heteroatoms. The predicted molar refractivity (Wildman–Crippen MR) is 161 cm³/mol. The van der Waals surface area contributed by atoms with E-state index in [1.54, 1.807) is 31.1 Å². The summed E-state index contributed by atoms with van der Waals surface area (Å²) in [5.74, 6) is -0.890. The molecule has 2 aliphatic rings. The number of ether oxygens (including phenoxy) is 2. The Hall–Kier alpha value is -4.61. The largest absolute Gasteiger partial charge is 0.455 e. The summed E-state index contributed by atoms with van der Waals surface area (Å²) >= 11 is 0. The van der Waals surface area contributed by atoms with E-state index in [0.717, 1.165) is 11.3 Å². The molecule has 0 aromatic heterocycles. The number of amides is 4. The van der Waals surface area contributed by atoms with Gasteiger partial charge in [-0.05, 0) is 55.5 Å². The number of hydrogen-bond donors (Lipinski definition) is 3. The third-order valence-corrected chi connectivity index (χ3v) is 7.75. The molecule has 4 rings (SSSR count). The molecule has 0 spiro atoms. The van der Waals surface area contributed by atoms with Crippen molar-refractivity contribution in [2.24, 2.45) is 5.92 Å². The number of carbonyl (C=O) groups is 4. The number of benzene rings is 2. The fraction of sp³-hybridized carbons (Fsp3) is 0.452. The fourth-order valence-corrected chi connectivity index (χ4v) is 5.06. The summed E-state index contributed by atoms with van der Waals surface area (Å²) in [5.41, 5.74) is 2.40. The van der Waals surface area contributed by atoms with E-state index >= 15 is 0 Å². The first-order valence-electron chi connectivity index (χ1n) is 14.5. The van der Waals surface area contributed by atoms with Crippen LogP contribution >= 0.6 is 0 Å². The molecule has 1 saturated carbocycles. The van der Waals surface area contributed by atoms with Crippen molar-refractivity contribution >= 4 is 35.5 Å². The van der Waals surface area contributed by atoms with Gasteiger partial charge in [-0.3, -0.25) is 20.3 Å². The lowest BCUT2D eigenvalue weighted by Gasteiger charge is -2.37. The van der Waals surface area contributed by atoms with Gasteiger partial charge in [0.2, 0.25) is 0 Å². The molecule has 3 N–H and O–H groups in total. The molecule has 1 heterocycles. The molecule has 0 radical (unpaired) electrons. The van der Waals surface area contributed by atoms with Crippen LogP contribution in [-0.4, -0.2) is 92.6 Å². The van der Waals surface area contributed by atoms with Gasteiger partial charge in [0.1, 0.15) is 12.4 Å². The Morgan fingerprint density at radius 1 is 0.884 bits per heavy atom. The second-order valence-corrected chi connectivity index (χ2v) is 11.0. The zero-order valence-corrected chi connectivity index (χ0v) is 24.7. The number of carbonyl (C=O) groups excluding carboxylic acids is 4. The van der Waals surface area contributed by atoms with Crippen LogP contribution in [0.15, 0.2) is 54.6 Å². The predicted octanol–water partition coefficient (Wildman–Crippen LogP) is 2.96. The van der Waals surface area contributed by atoms with Gasteiger partial charge in [0.05, 0.1) is 5.92 Å². The van der Waals surface area contributed by atoms with Crippen LogP contribution in [0.4, 0.5) is 15.3 Å². The smallest absolute Gasteiger partial charge is 0.413 e. The molecule has 0 atom stereocenters. The number of nitrogens with zero attached hydrogens (tertiary/aromatic N) is 3. The van der Waals surface area contributed by atoms with Gasteiger partial charge in [0.25, 0.3) is 5.91 Å². The fourth-order valence-electron chi connectivity index (χ4n) is 5.06. The number of piperazine rings is 1. The van der Waals surface area contributed by atoms with Crippen molar-refractivity contribution in [2.45, 2.75) is 38.3 Å². The van der Waals surface area contributed by atoms with Crippen molar-refractivity contribution in [2.75, 3.05) is 51.8 Å². The summed E-state index contributed by atoms with van der Waals surface area (Å²) in [6, 6.07) is 16.6. The Kier molecular flexibility index (Phi) is 11.0. The highest BCUT2D eigenvalue weighted by atomic mass is 16.5. The molecule has 43 heavy (non-hydrogen) atoms. The molecule has 2 fully saturated rings. The zero-order valence-electron chi connectivity index (χ0n) is 24.7. The van der Waals surface area contributed by atoms with E-state index in [-0.39, 0.29) is 48.9 Å². The quantitative estimate of drug-likeness (QED) is 0.243. The first-order chi connectivity index (χ1) is 20.7. The van der Waals surface area contributed by atoms with Crippen molar-refractivity contribution in [3.63, 3.8) is 0 Å². The van der Waals surface area contributed by atoms with Gasteiger partial charge in [-0.1, -0.05) is 30.3 Å². The highest BCUT2D eigenvalue weighted by Gasteiger charge is 2.30. The second-order valence-electron chi connectivity index (χ2n) is 11.0. The van der Waals surface area contributed by atoms with Gasteiger partial charge in [-0.15, -0.1) is 0 Å². The Morgan fingerprint density at radius 2 is 1.53 bits per heavy atom. The van der Waals surface area contributed by atoms with Crippen LogP contribution in [0.2, 0.25) is 0 Å². The van der Waals surface area contributed by atoms with Gasteiger partial charge >= 0.3 is 18.1 Å². The number of esters is 1. The third-order valence-electron chi connectivity index (χ3n) is 7.75. The monoisotopic (exact) mass is 592 g/mol. The number of urea groups is 1. The molecular weight excluding hydrogens is 552 g/mol. The van der Waals surface area contributed by atoms with Crippen LogP contribution < -0.4 is 15.5 Å². The maximum absolute atomic E-state index is 12.9. The molecule has 1 aliphatic carbocycles. The molecule has 0 bridgehead atoms. The van der Waals surface area contributed by atoms with E-state index in [4.69, 9.17) is 14.9 Å². The Bertz CT molecular complexity index is 1270. The highest BCUT2D eigenvalue weighted by molar-refractivity contribution is 6.04. The van der Waals surface area contributed by atoms with Crippen LogP contribution in [0.25, 0.3) is 0 Å². The average molecular weight is 593 g/mol. The molecule has 2 aromatic carbocycles. The van der Waals surface area contributed by atoms with Crippen molar-refractivity contribution in [3.05, 3.63) is 65.7 Å². The van der Waals surface area contributed by atoms with E-state index in [2.05, 4.69) is 15.5 Å². The van der Waals surface area contributed by atoms with E-state index in [1.165, 1.54) is 4.90 Å². The average Bonchev–Trinajstić information content (AvgIpc) is 3.03. The minimum atomic E-state index is -0.684. The maximum Gasteiger partial charge on any atom is 0.413 e. The lowest BCUT2D eigenvalue weighted by Crippen LogP contribution is -2.54. The van der Waals surface area contributed by atoms with Crippen LogP contribution in [0.5, 0.6) is 0 Å². The standard InChI is InChI=1S/C31H40N6O6/c1-35(2)27(38)21-42-29(39)24-8-12-25(13-9-24)33-30(40)37-18-16-36(17-19-37)26-14-10-23(11-15-26)28(32)34-31(41)43-20-22-6-4-3-5-7-22/h3-7,10-11,14-15,24-25H,8-9,12-13,16-21H2,1-2H3,(H,33,40)(H2,32,34,41)/t24-,25-. The third kappa shape index (κ3) is 9.19. The highest BCUT2D eigenvalue weighted by Crippen LogP contribution is 2.26. The summed E-state index contributed by atoms with van der Waals surface area (Å²) in [6.07, 6.45) is 1.93. The second kappa shape index (κ2) is 15.0. The summed E-state index contributed by atoms with van der Waals surface area (Å²) in [4.78, 5) is 54.3. The molecule has 1 saturated heterocycles. The summed E-state index contributed by atoms with van der Waals surface area (Å²) < 4.78 is 10.3. The molecule has 230 valence electrons. The zero-order chi connectivity index (χ0) is 30.8. The Labute approximate surface area is 251 Å². The number of hydrogen-bond acceptors (Lipinski definition) is 8. The maximum atomic E-state index is 12.9. The van der Waals surface area contributed by atoms with Gasteiger partial charge in [0, 0.05) is 57.6 Å². The van der Waals surface area contributed by atoms with E-state index in [1.807, 2.05) is 42.5 Å². The molecular formula is C31H40N6O6. The molecule has 12 nitrogen and oxygen atoms in total. The van der Waals surface area contributed by atoms with Crippen LogP contribution in [0.3, 0.4) is 0 Å². The first kappa shape index (κ1) is 31.3. The summed E-state index contributed by atoms with van der Waals surface area (Å²) in [5, 5.41) is 13.8. The number of amidine groups is 1. The van der Waals surface area contributed by atoms with Gasteiger partial charge < -0.3 is 29.5 Å². The summed E-state index contributed by atoms with van der Waals surface area (Å²) in [6.45, 7) is 2.35. The molecule has 0 unspecified atom stereocenters. The first-order valence-corrected chi connectivity index (χ1v) is 14.5. The number of likely N-dealkylation sites (N-methyl/N-ethyl adjacent to an activating group) is 1. The Morgan fingerprint density at radius 3 is 2.16 bits per heavy atom. The van der Waals surface area contributed by atoms with Crippen LogP contribution in [-0.2, 0) is 25.7 Å².